The Bertz CT molecular complexity index is 556. The van der Waals surface area contributed by atoms with E-state index in [4.69, 9.17) is 0 Å². The van der Waals surface area contributed by atoms with Crippen LogP contribution in [-0.2, 0) is 0 Å². The smallest absolute Gasteiger partial charge is 0.0119 e. The van der Waals surface area contributed by atoms with Crippen LogP contribution in [0.25, 0.3) is 5.57 Å². The summed E-state index contributed by atoms with van der Waals surface area (Å²) < 4.78 is 0. The lowest BCUT2D eigenvalue weighted by Gasteiger charge is -2.09. The molecule has 1 aliphatic carbocycles. The number of rotatable bonds is 2. The molecular weight excluding hydrogens is 204 g/mol. The summed E-state index contributed by atoms with van der Waals surface area (Å²) in [4.78, 5) is 0. The van der Waals surface area contributed by atoms with Gasteiger partial charge in [0.1, 0.15) is 0 Å². The normalized spacial score (nSPS) is 13.6. The van der Waals surface area contributed by atoms with E-state index in [0.717, 1.165) is 0 Å². The van der Waals surface area contributed by atoms with Gasteiger partial charge in [-0.3, -0.25) is 0 Å². The Morgan fingerprint density at radius 3 is 2.18 bits per heavy atom. The largest absolute Gasteiger partial charge is 0.0622 e. The van der Waals surface area contributed by atoms with Gasteiger partial charge in [0.2, 0.25) is 0 Å². The topological polar surface area (TPSA) is 0 Å². The molecule has 2 aromatic carbocycles. The first-order valence-corrected chi connectivity index (χ1v) is 6.19. The van der Waals surface area contributed by atoms with E-state index in [0.29, 0.717) is 0 Å². The molecule has 84 valence electrons. The van der Waals surface area contributed by atoms with Crippen LogP contribution in [0, 0.1) is 6.92 Å². The molecule has 0 heteroatoms. The molecule has 0 heterocycles. The summed E-state index contributed by atoms with van der Waals surface area (Å²) in [6.07, 6.45) is 2.52. The van der Waals surface area contributed by atoms with Gasteiger partial charge in [-0.25, -0.2) is 0 Å². The predicted molar refractivity (Wildman–Crippen MR) is 72.9 cm³/mol. The van der Waals surface area contributed by atoms with Crippen molar-refractivity contribution in [2.75, 3.05) is 0 Å². The monoisotopic (exact) mass is 220 g/mol. The molecule has 0 aromatic heterocycles. The predicted octanol–water partition coefficient (Wildman–Crippen LogP) is 4.59. The molecule has 0 spiro atoms. The first-order valence-electron chi connectivity index (χ1n) is 6.19. The number of benzene rings is 2. The zero-order valence-electron chi connectivity index (χ0n) is 10.1. The molecule has 17 heavy (non-hydrogen) atoms. The maximum atomic E-state index is 2.29. The molecule has 2 aromatic rings. The van der Waals surface area contributed by atoms with Gasteiger partial charge in [-0.05, 0) is 36.5 Å². The van der Waals surface area contributed by atoms with Crippen molar-refractivity contribution < 1.29 is 0 Å². The third-order valence-electron chi connectivity index (χ3n) is 3.22. The molecule has 0 nitrogen and oxygen atoms in total. The number of aryl methyl sites for hydroxylation is 1. The lowest BCUT2D eigenvalue weighted by Crippen LogP contribution is -1.88. The van der Waals surface area contributed by atoms with E-state index in [1.807, 2.05) is 0 Å². The lowest BCUT2D eigenvalue weighted by molar-refractivity contribution is 1.43. The van der Waals surface area contributed by atoms with Crippen LogP contribution in [-0.4, -0.2) is 0 Å². The molecule has 3 rings (SSSR count). The van der Waals surface area contributed by atoms with E-state index in [-0.39, 0.29) is 0 Å². The molecule has 0 saturated heterocycles. The zero-order chi connectivity index (χ0) is 11.7. The second-order valence-electron chi connectivity index (χ2n) is 4.71. The van der Waals surface area contributed by atoms with Gasteiger partial charge in [-0.1, -0.05) is 65.7 Å². The van der Waals surface area contributed by atoms with E-state index >= 15 is 0 Å². The zero-order valence-corrected chi connectivity index (χ0v) is 10.1. The Morgan fingerprint density at radius 2 is 1.53 bits per heavy atom. The van der Waals surface area contributed by atoms with Crippen molar-refractivity contribution in [3.8, 4) is 0 Å². The maximum Gasteiger partial charge on any atom is -0.0119 e. The molecule has 0 atom stereocenters. The molecule has 1 fully saturated rings. The molecular formula is C17H16. The Morgan fingerprint density at radius 1 is 0.824 bits per heavy atom. The summed E-state index contributed by atoms with van der Waals surface area (Å²) in [6.45, 7) is 2.16. The third kappa shape index (κ3) is 2.16. The highest BCUT2D eigenvalue weighted by molar-refractivity contribution is 5.84. The molecule has 0 aliphatic heterocycles. The summed E-state index contributed by atoms with van der Waals surface area (Å²) >= 11 is 0. The molecule has 1 saturated carbocycles. The van der Waals surface area contributed by atoms with Gasteiger partial charge in [0.05, 0.1) is 0 Å². The van der Waals surface area contributed by atoms with Crippen molar-refractivity contribution >= 4 is 5.57 Å². The second-order valence-corrected chi connectivity index (χ2v) is 4.71. The van der Waals surface area contributed by atoms with Crippen LogP contribution in [0.4, 0.5) is 0 Å². The minimum atomic E-state index is 1.26. The third-order valence-corrected chi connectivity index (χ3v) is 3.22. The second kappa shape index (κ2) is 4.21. The Kier molecular flexibility index (Phi) is 2.56. The fourth-order valence-electron chi connectivity index (χ4n) is 2.29. The van der Waals surface area contributed by atoms with Crippen molar-refractivity contribution in [2.45, 2.75) is 19.8 Å². The van der Waals surface area contributed by atoms with Gasteiger partial charge in [0, 0.05) is 0 Å². The highest BCUT2D eigenvalue weighted by atomic mass is 14.2. The van der Waals surface area contributed by atoms with Crippen LogP contribution < -0.4 is 0 Å². The van der Waals surface area contributed by atoms with E-state index < -0.39 is 0 Å². The Hall–Kier alpha value is -1.82. The molecule has 1 aliphatic rings. The van der Waals surface area contributed by atoms with Crippen molar-refractivity contribution in [1.29, 1.82) is 0 Å². The van der Waals surface area contributed by atoms with Gasteiger partial charge < -0.3 is 0 Å². The van der Waals surface area contributed by atoms with Crippen molar-refractivity contribution in [1.82, 2.24) is 0 Å². The summed E-state index contributed by atoms with van der Waals surface area (Å²) in [7, 11) is 0. The molecule has 0 bridgehead atoms. The van der Waals surface area contributed by atoms with Crippen LogP contribution in [0.5, 0.6) is 0 Å². The quantitative estimate of drug-likeness (QED) is 0.694. The molecule has 0 radical (unpaired) electrons. The van der Waals surface area contributed by atoms with E-state index in [1.54, 1.807) is 5.57 Å². The van der Waals surface area contributed by atoms with Gasteiger partial charge in [0.25, 0.3) is 0 Å². The first kappa shape index (κ1) is 10.3. The van der Waals surface area contributed by atoms with E-state index in [2.05, 4.69) is 61.5 Å². The van der Waals surface area contributed by atoms with Gasteiger partial charge >= 0.3 is 0 Å². The standard InChI is InChI=1S/C17H16/c1-13-6-5-9-16(12-13)17(15-10-11-15)14-7-3-2-4-8-14/h2-9,12H,10-11H2,1H3. The Labute approximate surface area is 103 Å². The minimum Gasteiger partial charge on any atom is -0.0622 e. The molecule has 0 unspecified atom stereocenters. The van der Waals surface area contributed by atoms with Gasteiger partial charge in [-0.15, -0.1) is 0 Å². The highest BCUT2D eigenvalue weighted by Gasteiger charge is 2.19. The number of allylic oxidation sites excluding steroid dienone is 1. The minimum absolute atomic E-state index is 1.26. The van der Waals surface area contributed by atoms with Crippen LogP contribution >= 0.6 is 0 Å². The number of hydrogen-bond acceptors (Lipinski definition) is 0. The Balaban J connectivity index is 2.13. The summed E-state index contributed by atoms with van der Waals surface area (Å²) in [6, 6.07) is 19.6. The summed E-state index contributed by atoms with van der Waals surface area (Å²) in [5, 5.41) is 0. The van der Waals surface area contributed by atoms with Crippen LogP contribution in [0.2, 0.25) is 0 Å². The van der Waals surface area contributed by atoms with Gasteiger partial charge in [0.15, 0.2) is 0 Å². The first-order chi connectivity index (χ1) is 8.34. The van der Waals surface area contributed by atoms with Crippen LogP contribution in [0.15, 0.2) is 60.2 Å². The summed E-state index contributed by atoms with van der Waals surface area (Å²) in [5.41, 5.74) is 7.10. The van der Waals surface area contributed by atoms with Crippen molar-refractivity contribution in [3.63, 3.8) is 0 Å². The maximum absolute atomic E-state index is 2.29. The average molecular weight is 220 g/mol. The number of hydrogen-bond donors (Lipinski definition) is 0. The molecule has 0 N–H and O–H groups in total. The fourth-order valence-corrected chi connectivity index (χ4v) is 2.29. The summed E-state index contributed by atoms with van der Waals surface area (Å²) in [5.74, 6) is 0. The van der Waals surface area contributed by atoms with Crippen molar-refractivity contribution in [2.24, 2.45) is 0 Å². The van der Waals surface area contributed by atoms with Crippen LogP contribution in [0.1, 0.15) is 29.5 Å². The fraction of sp³-hybridized carbons (Fsp3) is 0.176. The van der Waals surface area contributed by atoms with Gasteiger partial charge in [-0.2, -0.15) is 0 Å². The molecule has 0 amide bonds. The lowest BCUT2D eigenvalue weighted by atomic mass is 9.96. The highest BCUT2D eigenvalue weighted by Crippen LogP contribution is 2.40. The van der Waals surface area contributed by atoms with E-state index in [1.165, 1.54) is 35.1 Å². The van der Waals surface area contributed by atoms with Crippen LogP contribution in [0.3, 0.4) is 0 Å². The van der Waals surface area contributed by atoms with Crippen molar-refractivity contribution in [3.05, 3.63) is 76.9 Å². The average Bonchev–Trinajstić information content (AvgIpc) is 3.15. The SMILES string of the molecule is Cc1cccc(C(=C2CC2)c2ccccc2)c1. The van der Waals surface area contributed by atoms with E-state index in [9.17, 15) is 0 Å².